The summed E-state index contributed by atoms with van der Waals surface area (Å²) in [5.41, 5.74) is 5.41. The van der Waals surface area contributed by atoms with Crippen molar-refractivity contribution in [3.05, 3.63) is 0 Å². The van der Waals surface area contributed by atoms with Gasteiger partial charge in [-0.05, 0) is 6.42 Å². The fourth-order valence-electron chi connectivity index (χ4n) is 1.46. The summed E-state index contributed by atoms with van der Waals surface area (Å²) in [6, 6.07) is 0.0463. The minimum Gasteiger partial charge on any atom is -0.329 e. The Bertz CT molecular complexity index is 225. The van der Waals surface area contributed by atoms with E-state index in [2.05, 4.69) is 0 Å². The lowest BCUT2D eigenvalue weighted by Gasteiger charge is -2.18. The van der Waals surface area contributed by atoms with Crippen LogP contribution in [0.3, 0.4) is 0 Å². The first-order chi connectivity index (χ1) is 5.11. The van der Waals surface area contributed by atoms with Gasteiger partial charge in [0.15, 0.2) is 0 Å². The Labute approximate surface area is 67.4 Å². The average Bonchev–Trinajstić information content (AvgIpc) is 2.24. The Morgan fingerprint density at radius 2 is 2.27 bits per heavy atom. The minimum atomic E-state index is -2.95. The summed E-state index contributed by atoms with van der Waals surface area (Å²) < 4.78 is 24.0. The molecule has 1 heterocycles. The molecule has 1 saturated heterocycles. The zero-order chi connectivity index (χ0) is 8.48. The molecule has 5 heteroatoms. The summed E-state index contributed by atoms with van der Waals surface area (Å²) in [7, 11) is -2.95. The maximum absolute atomic E-state index is 11.2. The normalized spacial score (nSPS) is 30.9. The lowest BCUT2D eigenvalue weighted by molar-refractivity contribution is 0.362. The molecule has 1 unspecified atom stereocenters. The van der Waals surface area contributed by atoms with Crippen LogP contribution in [0.4, 0.5) is 0 Å². The van der Waals surface area contributed by atoms with Crippen LogP contribution in [-0.4, -0.2) is 37.6 Å². The molecule has 2 N–H and O–H groups in total. The predicted octanol–water partition coefficient (Wildman–Crippen LogP) is -0.631. The van der Waals surface area contributed by atoms with Crippen LogP contribution in [0.5, 0.6) is 0 Å². The number of rotatable bonds is 2. The lowest BCUT2D eigenvalue weighted by atomic mass is 10.2. The molecule has 0 spiro atoms. The number of hydrogen-bond acceptors (Lipinski definition) is 3. The van der Waals surface area contributed by atoms with Crippen LogP contribution in [0.1, 0.15) is 13.3 Å². The number of nitrogens with zero attached hydrogens (tertiary/aromatic N) is 1. The topological polar surface area (TPSA) is 63.4 Å². The summed E-state index contributed by atoms with van der Waals surface area (Å²) >= 11 is 0. The van der Waals surface area contributed by atoms with E-state index >= 15 is 0 Å². The van der Waals surface area contributed by atoms with Gasteiger partial charge < -0.3 is 5.73 Å². The van der Waals surface area contributed by atoms with Crippen LogP contribution in [0.2, 0.25) is 0 Å². The molecule has 1 aliphatic heterocycles. The number of nitrogens with two attached hydrogens (primary N) is 1. The van der Waals surface area contributed by atoms with Crippen molar-refractivity contribution >= 4 is 10.0 Å². The molecule has 0 aromatic carbocycles. The molecule has 0 bridgehead atoms. The standard InChI is InChI=1S/C6H14N2O2S/c1-2-8-6(5-7)3-4-11(8,9)10/h6H,2-5,7H2,1H3. The van der Waals surface area contributed by atoms with Crippen LogP contribution >= 0.6 is 0 Å². The molecule has 0 aromatic heterocycles. The van der Waals surface area contributed by atoms with Gasteiger partial charge in [0.25, 0.3) is 0 Å². The van der Waals surface area contributed by atoms with E-state index in [1.165, 1.54) is 4.31 Å². The molecule has 1 fully saturated rings. The lowest BCUT2D eigenvalue weighted by Crippen LogP contribution is -2.37. The Kier molecular flexibility index (Phi) is 2.51. The quantitative estimate of drug-likeness (QED) is 0.612. The second kappa shape index (κ2) is 3.08. The van der Waals surface area contributed by atoms with Gasteiger partial charge in [-0.1, -0.05) is 6.92 Å². The van der Waals surface area contributed by atoms with E-state index in [0.29, 0.717) is 19.5 Å². The summed E-state index contributed by atoms with van der Waals surface area (Å²) in [6.07, 6.45) is 0.687. The molecule has 4 nitrogen and oxygen atoms in total. The van der Waals surface area contributed by atoms with Crippen LogP contribution in [0.15, 0.2) is 0 Å². The highest BCUT2D eigenvalue weighted by atomic mass is 32.2. The smallest absolute Gasteiger partial charge is 0.214 e. The maximum atomic E-state index is 11.2. The monoisotopic (exact) mass is 178 g/mol. The highest BCUT2D eigenvalue weighted by Crippen LogP contribution is 2.19. The Morgan fingerprint density at radius 3 is 2.64 bits per heavy atom. The van der Waals surface area contributed by atoms with E-state index in [0.717, 1.165) is 0 Å². The summed E-state index contributed by atoms with van der Waals surface area (Å²) in [5, 5.41) is 0. The van der Waals surface area contributed by atoms with Gasteiger partial charge in [0.1, 0.15) is 0 Å². The highest BCUT2D eigenvalue weighted by Gasteiger charge is 2.34. The predicted molar refractivity (Wildman–Crippen MR) is 43.6 cm³/mol. The third-order valence-electron chi connectivity index (χ3n) is 2.06. The molecule has 0 aromatic rings. The molecule has 1 aliphatic rings. The minimum absolute atomic E-state index is 0.0463. The molecule has 66 valence electrons. The first-order valence-electron chi connectivity index (χ1n) is 3.81. The second-order valence-corrected chi connectivity index (χ2v) is 4.74. The van der Waals surface area contributed by atoms with Crippen molar-refractivity contribution in [2.75, 3.05) is 18.8 Å². The molecule has 1 atom stereocenters. The van der Waals surface area contributed by atoms with Gasteiger partial charge in [-0.25, -0.2) is 8.42 Å². The Morgan fingerprint density at radius 1 is 1.64 bits per heavy atom. The zero-order valence-corrected chi connectivity index (χ0v) is 7.47. The maximum Gasteiger partial charge on any atom is 0.214 e. The van der Waals surface area contributed by atoms with E-state index in [4.69, 9.17) is 5.73 Å². The van der Waals surface area contributed by atoms with Crippen LogP contribution in [0, 0.1) is 0 Å². The highest BCUT2D eigenvalue weighted by molar-refractivity contribution is 7.89. The van der Waals surface area contributed by atoms with Crippen molar-refractivity contribution in [1.82, 2.24) is 4.31 Å². The molecular formula is C6H14N2O2S. The average molecular weight is 178 g/mol. The summed E-state index contributed by atoms with van der Waals surface area (Å²) in [4.78, 5) is 0. The molecule has 11 heavy (non-hydrogen) atoms. The van der Waals surface area contributed by atoms with E-state index in [1.807, 2.05) is 6.92 Å². The van der Waals surface area contributed by atoms with Gasteiger partial charge in [-0.3, -0.25) is 0 Å². The van der Waals surface area contributed by atoms with Gasteiger partial charge in [-0.15, -0.1) is 0 Å². The van der Waals surface area contributed by atoms with Gasteiger partial charge in [0, 0.05) is 19.1 Å². The van der Waals surface area contributed by atoms with Gasteiger partial charge in [-0.2, -0.15) is 4.31 Å². The van der Waals surface area contributed by atoms with Crippen molar-refractivity contribution in [2.24, 2.45) is 5.73 Å². The van der Waals surface area contributed by atoms with Crippen molar-refractivity contribution in [3.8, 4) is 0 Å². The van der Waals surface area contributed by atoms with Crippen LogP contribution < -0.4 is 5.73 Å². The van der Waals surface area contributed by atoms with E-state index in [1.54, 1.807) is 0 Å². The molecule has 0 amide bonds. The fraction of sp³-hybridized carbons (Fsp3) is 1.00. The number of likely N-dealkylation sites (N-methyl/N-ethyl adjacent to an activating group) is 1. The number of sulfonamides is 1. The molecule has 0 saturated carbocycles. The SMILES string of the molecule is CCN1C(CN)CCS1(=O)=O. The third kappa shape index (κ3) is 1.55. The van der Waals surface area contributed by atoms with E-state index < -0.39 is 10.0 Å². The van der Waals surface area contributed by atoms with Crippen LogP contribution in [-0.2, 0) is 10.0 Å². The number of hydrogen-bond donors (Lipinski definition) is 1. The molecule has 0 aliphatic carbocycles. The van der Waals surface area contributed by atoms with Gasteiger partial charge >= 0.3 is 0 Å². The van der Waals surface area contributed by atoms with Gasteiger partial charge in [0.2, 0.25) is 10.0 Å². The first-order valence-corrected chi connectivity index (χ1v) is 5.42. The van der Waals surface area contributed by atoms with Crippen molar-refractivity contribution in [3.63, 3.8) is 0 Å². The molecular weight excluding hydrogens is 164 g/mol. The zero-order valence-electron chi connectivity index (χ0n) is 6.66. The molecule has 1 rings (SSSR count). The van der Waals surface area contributed by atoms with Gasteiger partial charge in [0.05, 0.1) is 5.75 Å². The fourth-order valence-corrected chi connectivity index (χ4v) is 3.31. The van der Waals surface area contributed by atoms with E-state index in [9.17, 15) is 8.42 Å². The van der Waals surface area contributed by atoms with Crippen molar-refractivity contribution < 1.29 is 8.42 Å². The Balaban J connectivity index is 2.80. The molecule has 0 radical (unpaired) electrons. The van der Waals surface area contributed by atoms with E-state index in [-0.39, 0.29) is 11.8 Å². The second-order valence-electron chi connectivity index (χ2n) is 2.70. The first kappa shape index (κ1) is 8.96. The van der Waals surface area contributed by atoms with Crippen molar-refractivity contribution in [2.45, 2.75) is 19.4 Å². The summed E-state index contributed by atoms with van der Waals surface area (Å²) in [5.74, 6) is 0.267. The summed E-state index contributed by atoms with van der Waals surface area (Å²) in [6.45, 7) is 2.82. The largest absolute Gasteiger partial charge is 0.329 e. The van der Waals surface area contributed by atoms with Crippen molar-refractivity contribution in [1.29, 1.82) is 0 Å². The van der Waals surface area contributed by atoms with Crippen LogP contribution in [0.25, 0.3) is 0 Å². The Hall–Kier alpha value is -0.130. The third-order valence-corrected chi connectivity index (χ3v) is 4.08.